The Balaban J connectivity index is 1.76. The van der Waals surface area contributed by atoms with Crippen molar-refractivity contribution in [1.29, 1.82) is 0 Å². The van der Waals surface area contributed by atoms with Crippen LogP contribution in [0.3, 0.4) is 0 Å². The minimum Gasteiger partial charge on any atom is -0.497 e. The predicted molar refractivity (Wildman–Crippen MR) is 93.4 cm³/mol. The first-order chi connectivity index (χ1) is 12.4. The first-order valence-corrected chi connectivity index (χ1v) is 8.05. The van der Waals surface area contributed by atoms with E-state index in [0.29, 0.717) is 22.8 Å². The van der Waals surface area contributed by atoms with Crippen molar-refractivity contribution < 1.29 is 23.8 Å². The fourth-order valence-electron chi connectivity index (χ4n) is 2.80. The highest BCUT2D eigenvalue weighted by atomic mass is 19.1. The van der Waals surface area contributed by atoms with E-state index in [2.05, 4.69) is 5.10 Å². The van der Waals surface area contributed by atoms with Crippen molar-refractivity contribution in [2.75, 3.05) is 13.7 Å². The fourth-order valence-corrected chi connectivity index (χ4v) is 2.80. The highest BCUT2D eigenvalue weighted by molar-refractivity contribution is 5.89. The highest BCUT2D eigenvalue weighted by Crippen LogP contribution is 2.36. The third-order valence-corrected chi connectivity index (χ3v) is 4.09. The Bertz CT molecular complexity index is 820. The largest absolute Gasteiger partial charge is 0.497 e. The van der Waals surface area contributed by atoms with Gasteiger partial charge in [0.1, 0.15) is 17.3 Å². The van der Waals surface area contributed by atoms with E-state index < -0.39 is 17.4 Å². The van der Waals surface area contributed by atoms with E-state index in [1.807, 2.05) is 0 Å². The maximum Gasteiger partial charge on any atom is 0.283 e. The smallest absolute Gasteiger partial charge is 0.283 e. The zero-order valence-corrected chi connectivity index (χ0v) is 14.5. The van der Waals surface area contributed by atoms with Gasteiger partial charge in [-0.15, -0.1) is 0 Å². The van der Waals surface area contributed by atoms with Crippen LogP contribution in [0.5, 0.6) is 11.5 Å². The highest BCUT2D eigenvalue weighted by Gasteiger charge is 2.44. The topological polar surface area (TPSA) is 71.4 Å². The number of carbonyl (C=O) groups is 1. The van der Waals surface area contributed by atoms with Crippen molar-refractivity contribution in [3.8, 4) is 11.5 Å². The van der Waals surface area contributed by atoms with E-state index in [4.69, 9.17) is 9.47 Å². The summed E-state index contributed by atoms with van der Waals surface area (Å²) in [4.78, 5) is 12.6. The van der Waals surface area contributed by atoms with E-state index in [9.17, 15) is 14.3 Å². The molecule has 0 radical (unpaired) electrons. The Labute approximate surface area is 150 Å². The summed E-state index contributed by atoms with van der Waals surface area (Å²) in [6.45, 7) is 1.41. The van der Waals surface area contributed by atoms with Gasteiger partial charge in [-0.3, -0.25) is 4.79 Å². The number of amides is 1. The Morgan fingerprint density at radius 2 is 1.81 bits per heavy atom. The zero-order chi connectivity index (χ0) is 18.7. The van der Waals surface area contributed by atoms with E-state index in [-0.39, 0.29) is 13.0 Å². The SMILES string of the molecule is COc1ccc([C@]2(O)CC(C)=NN2C(=O)COc2ccc(F)cc2)cc1. The van der Waals surface area contributed by atoms with Crippen LogP contribution < -0.4 is 9.47 Å². The summed E-state index contributed by atoms with van der Waals surface area (Å²) in [7, 11) is 1.55. The lowest BCUT2D eigenvalue weighted by molar-refractivity contribution is -0.159. The Morgan fingerprint density at radius 3 is 2.42 bits per heavy atom. The fraction of sp³-hybridized carbons (Fsp3) is 0.263. The molecule has 0 fully saturated rings. The molecule has 26 heavy (non-hydrogen) atoms. The first kappa shape index (κ1) is 17.9. The molecule has 1 N–H and O–H groups in total. The minimum atomic E-state index is -1.58. The Kier molecular flexibility index (Phi) is 4.90. The molecule has 0 spiro atoms. The standard InChI is InChI=1S/C19H19FN2O4/c1-13-11-19(24,14-3-7-16(25-2)8-4-14)22(21-13)18(23)12-26-17-9-5-15(20)6-10-17/h3-10,24H,11-12H2,1-2H3/t19-/m1/s1. The molecule has 1 heterocycles. The third-order valence-electron chi connectivity index (χ3n) is 4.09. The number of hydrogen-bond acceptors (Lipinski definition) is 5. The Hall–Kier alpha value is -2.93. The van der Waals surface area contributed by atoms with E-state index >= 15 is 0 Å². The van der Waals surface area contributed by atoms with Gasteiger partial charge in [0.2, 0.25) is 0 Å². The normalized spacial score (nSPS) is 19.2. The molecule has 1 aliphatic heterocycles. The first-order valence-electron chi connectivity index (χ1n) is 8.05. The van der Waals surface area contributed by atoms with Gasteiger partial charge in [-0.05, 0) is 43.3 Å². The van der Waals surface area contributed by atoms with Gasteiger partial charge >= 0.3 is 0 Å². The zero-order valence-electron chi connectivity index (χ0n) is 14.5. The van der Waals surface area contributed by atoms with Gasteiger partial charge in [0, 0.05) is 17.7 Å². The lowest BCUT2D eigenvalue weighted by Crippen LogP contribution is -2.45. The number of hydrogen-bond donors (Lipinski definition) is 1. The summed E-state index contributed by atoms with van der Waals surface area (Å²) in [5.74, 6) is 0.0972. The average molecular weight is 358 g/mol. The maximum atomic E-state index is 12.9. The van der Waals surface area contributed by atoms with Gasteiger partial charge in [-0.1, -0.05) is 12.1 Å². The van der Waals surface area contributed by atoms with E-state index in [1.54, 1.807) is 38.3 Å². The van der Waals surface area contributed by atoms with Crippen molar-refractivity contribution in [1.82, 2.24) is 5.01 Å². The summed E-state index contributed by atoms with van der Waals surface area (Å²) < 4.78 is 23.4. The van der Waals surface area contributed by atoms with Crippen LogP contribution in [0.25, 0.3) is 0 Å². The number of nitrogens with zero attached hydrogens (tertiary/aromatic N) is 2. The molecule has 0 unspecified atom stereocenters. The molecule has 1 amide bonds. The van der Waals surface area contributed by atoms with Crippen LogP contribution >= 0.6 is 0 Å². The number of halogens is 1. The van der Waals surface area contributed by atoms with Crippen molar-refractivity contribution in [2.45, 2.75) is 19.1 Å². The van der Waals surface area contributed by atoms with Crippen molar-refractivity contribution >= 4 is 11.6 Å². The molecule has 6 nitrogen and oxygen atoms in total. The second-order valence-electron chi connectivity index (χ2n) is 6.01. The van der Waals surface area contributed by atoms with Crippen molar-refractivity contribution in [3.05, 3.63) is 59.9 Å². The van der Waals surface area contributed by atoms with Crippen LogP contribution in [0, 0.1) is 5.82 Å². The summed E-state index contributed by atoms with van der Waals surface area (Å²) >= 11 is 0. The monoisotopic (exact) mass is 358 g/mol. The molecule has 0 saturated heterocycles. The lowest BCUT2D eigenvalue weighted by atomic mass is 9.97. The van der Waals surface area contributed by atoms with Gasteiger partial charge in [0.15, 0.2) is 12.3 Å². The van der Waals surface area contributed by atoms with Gasteiger partial charge in [-0.2, -0.15) is 10.1 Å². The summed E-state index contributed by atoms with van der Waals surface area (Å²) in [5.41, 5.74) is -0.438. The molecule has 1 aliphatic rings. The minimum absolute atomic E-state index is 0.196. The molecular weight excluding hydrogens is 339 g/mol. The lowest BCUT2D eigenvalue weighted by Gasteiger charge is -2.31. The van der Waals surface area contributed by atoms with Crippen LogP contribution in [0.2, 0.25) is 0 Å². The van der Waals surface area contributed by atoms with Crippen LogP contribution in [0.1, 0.15) is 18.9 Å². The number of rotatable bonds is 5. The van der Waals surface area contributed by atoms with Crippen molar-refractivity contribution in [3.63, 3.8) is 0 Å². The summed E-state index contributed by atoms with van der Waals surface area (Å²) in [5, 5.41) is 16.3. The van der Waals surface area contributed by atoms with Crippen LogP contribution in [0.15, 0.2) is 53.6 Å². The molecule has 1 atom stereocenters. The van der Waals surface area contributed by atoms with Gasteiger partial charge in [0.25, 0.3) is 5.91 Å². The molecular formula is C19H19FN2O4. The molecule has 3 rings (SSSR count). The number of hydrazone groups is 1. The van der Waals surface area contributed by atoms with Crippen LogP contribution in [-0.4, -0.2) is 35.5 Å². The van der Waals surface area contributed by atoms with E-state index in [0.717, 1.165) is 5.01 Å². The second-order valence-corrected chi connectivity index (χ2v) is 6.01. The number of benzene rings is 2. The quantitative estimate of drug-likeness (QED) is 0.892. The second kappa shape index (κ2) is 7.13. The third kappa shape index (κ3) is 3.52. The molecule has 2 aromatic carbocycles. The predicted octanol–water partition coefficient (Wildman–Crippen LogP) is 2.67. The molecule has 0 aromatic heterocycles. The Morgan fingerprint density at radius 1 is 1.19 bits per heavy atom. The summed E-state index contributed by atoms with van der Waals surface area (Å²) in [6, 6.07) is 12.1. The van der Waals surface area contributed by atoms with E-state index in [1.165, 1.54) is 24.3 Å². The molecule has 136 valence electrons. The molecule has 0 saturated carbocycles. The number of methoxy groups -OCH3 is 1. The number of aliphatic hydroxyl groups is 1. The van der Waals surface area contributed by atoms with Crippen molar-refractivity contribution in [2.24, 2.45) is 5.10 Å². The van der Waals surface area contributed by atoms with Crippen LogP contribution in [-0.2, 0) is 10.5 Å². The summed E-state index contributed by atoms with van der Waals surface area (Å²) in [6.07, 6.45) is 0.196. The molecule has 2 aromatic rings. The van der Waals surface area contributed by atoms with Gasteiger partial charge < -0.3 is 14.6 Å². The van der Waals surface area contributed by atoms with Crippen LogP contribution in [0.4, 0.5) is 4.39 Å². The molecule has 0 aliphatic carbocycles. The average Bonchev–Trinajstić information content (AvgIpc) is 2.96. The molecule has 0 bridgehead atoms. The number of ether oxygens (including phenoxy) is 2. The van der Waals surface area contributed by atoms with Gasteiger partial charge in [0.05, 0.1) is 7.11 Å². The maximum absolute atomic E-state index is 12.9. The van der Waals surface area contributed by atoms with Gasteiger partial charge in [-0.25, -0.2) is 4.39 Å². The number of carbonyl (C=O) groups excluding carboxylic acids is 1. The molecule has 7 heteroatoms.